The Morgan fingerprint density at radius 3 is 2.74 bits per heavy atom. The third-order valence-corrected chi connectivity index (χ3v) is 3.86. The van der Waals surface area contributed by atoms with Crippen LogP contribution in [0.3, 0.4) is 0 Å². The van der Waals surface area contributed by atoms with Gasteiger partial charge in [-0.25, -0.2) is 0 Å². The van der Waals surface area contributed by atoms with E-state index in [1.165, 1.54) is 6.92 Å². The van der Waals surface area contributed by atoms with Crippen LogP contribution >= 0.6 is 0 Å². The molecule has 0 unspecified atom stereocenters. The van der Waals surface area contributed by atoms with E-state index < -0.39 is 0 Å². The highest BCUT2D eigenvalue weighted by atomic mass is 16.1. The number of Topliss-reactive ketones (excluding diaryl/α,β-unsaturated/α-hetero) is 1. The van der Waals surface area contributed by atoms with Crippen molar-refractivity contribution in [3.05, 3.63) is 65.9 Å². The van der Waals surface area contributed by atoms with Crippen LogP contribution < -0.4 is 5.32 Å². The number of ketones is 1. The van der Waals surface area contributed by atoms with Crippen LogP contribution in [0.25, 0.3) is 10.9 Å². The van der Waals surface area contributed by atoms with E-state index in [0.29, 0.717) is 24.1 Å². The Morgan fingerprint density at radius 2 is 1.91 bits per heavy atom. The summed E-state index contributed by atoms with van der Waals surface area (Å²) < 4.78 is 0. The molecule has 0 aliphatic rings. The molecule has 1 aromatic heterocycles. The van der Waals surface area contributed by atoms with Gasteiger partial charge in [-0.15, -0.1) is 0 Å². The average molecular weight is 306 g/mol. The molecule has 4 heteroatoms. The summed E-state index contributed by atoms with van der Waals surface area (Å²) in [6.45, 7) is 1.51. The molecule has 1 heterocycles. The minimum absolute atomic E-state index is 0.0137. The van der Waals surface area contributed by atoms with Crippen LogP contribution in [0.15, 0.2) is 54.7 Å². The van der Waals surface area contributed by atoms with E-state index in [0.717, 1.165) is 16.5 Å². The lowest BCUT2D eigenvalue weighted by molar-refractivity contribution is -0.116. The molecule has 4 nitrogen and oxygen atoms in total. The minimum Gasteiger partial charge on any atom is -0.361 e. The standard InChI is InChI=1S/C19H18N2O2/c1-13(22)15-5-2-6-16(12-15)21-19(23)9-8-14-4-3-7-18-17(14)10-11-20-18/h2-7,10-12,20H,8-9H2,1H3,(H,21,23). The van der Waals surface area contributed by atoms with Crippen LogP contribution in [-0.4, -0.2) is 16.7 Å². The van der Waals surface area contributed by atoms with Gasteiger partial charge in [0.15, 0.2) is 5.78 Å². The van der Waals surface area contributed by atoms with Gasteiger partial charge in [0.2, 0.25) is 5.91 Å². The molecule has 23 heavy (non-hydrogen) atoms. The summed E-state index contributed by atoms with van der Waals surface area (Å²) >= 11 is 0. The van der Waals surface area contributed by atoms with Crippen molar-refractivity contribution >= 4 is 28.3 Å². The first-order valence-corrected chi connectivity index (χ1v) is 7.59. The van der Waals surface area contributed by atoms with E-state index in [1.807, 2.05) is 30.5 Å². The number of aromatic nitrogens is 1. The number of H-pyrrole nitrogens is 1. The smallest absolute Gasteiger partial charge is 0.224 e. The normalized spacial score (nSPS) is 10.7. The molecule has 3 aromatic rings. The van der Waals surface area contributed by atoms with Crippen molar-refractivity contribution in [3.63, 3.8) is 0 Å². The Bertz CT molecular complexity index is 864. The summed E-state index contributed by atoms with van der Waals surface area (Å²) in [6.07, 6.45) is 2.98. The molecule has 0 saturated carbocycles. The van der Waals surface area contributed by atoms with Crippen molar-refractivity contribution in [1.29, 1.82) is 0 Å². The lowest BCUT2D eigenvalue weighted by Gasteiger charge is -2.07. The number of aryl methyl sites for hydroxylation is 1. The number of hydrogen-bond acceptors (Lipinski definition) is 2. The van der Waals surface area contributed by atoms with Gasteiger partial charge in [-0.05, 0) is 43.2 Å². The van der Waals surface area contributed by atoms with Crippen molar-refractivity contribution in [2.45, 2.75) is 19.8 Å². The molecule has 0 radical (unpaired) electrons. The molecule has 0 saturated heterocycles. The van der Waals surface area contributed by atoms with E-state index >= 15 is 0 Å². The summed E-state index contributed by atoms with van der Waals surface area (Å²) in [4.78, 5) is 26.7. The Hall–Kier alpha value is -2.88. The second-order valence-electron chi connectivity index (χ2n) is 5.54. The van der Waals surface area contributed by atoms with E-state index in [9.17, 15) is 9.59 Å². The number of hydrogen-bond donors (Lipinski definition) is 2. The van der Waals surface area contributed by atoms with E-state index in [2.05, 4.69) is 10.3 Å². The van der Waals surface area contributed by atoms with Gasteiger partial charge in [0.25, 0.3) is 0 Å². The lowest BCUT2D eigenvalue weighted by Crippen LogP contribution is -2.12. The maximum atomic E-state index is 12.1. The van der Waals surface area contributed by atoms with Crippen molar-refractivity contribution in [3.8, 4) is 0 Å². The molecule has 0 fully saturated rings. The zero-order valence-corrected chi connectivity index (χ0v) is 12.9. The first-order chi connectivity index (χ1) is 11.1. The molecule has 0 spiro atoms. The average Bonchev–Trinajstić information content (AvgIpc) is 3.02. The predicted octanol–water partition coefficient (Wildman–Crippen LogP) is 3.94. The molecule has 116 valence electrons. The number of aromatic amines is 1. The summed E-state index contributed by atoms with van der Waals surface area (Å²) in [5, 5.41) is 4.00. The van der Waals surface area contributed by atoms with Gasteiger partial charge in [-0.3, -0.25) is 9.59 Å². The number of rotatable bonds is 5. The fraction of sp³-hybridized carbons (Fsp3) is 0.158. The highest BCUT2D eigenvalue weighted by Crippen LogP contribution is 2.19. The Morgan fingerprint density at radius 1 is 1.09 bits per heavy atom. The van der Waals surface area contributed by atoms with Crippen molar-refractivity contribution in [2.24, 2.45) is 0 Å². The summed E-state index contributed by atoms with van der Waals surface area (Å²) in [5.74, 6) is -0.0709. The largest absolute Gasteiger partial charge is 0.361 e. The SMILES string of the molecule is CC(=O)c1cccc(NC(=O)CCc2cccc3[nH]ccc23)c1. The molecule has 0 aliphatic heterocycles. The van der Waals surface area contributed by atoms with E-state index in [4.69, 9.17) is 0 Å². The topological polar surface area (TPSA) is 62.0 Å². The van der Waals surface area contributed by atoms with E-state index in [-0.39, 0.29) is 11.7 Å². The van der Waals surface area contributed by atoms with Gasteiger partial charge >= 0.3 is 0 Å². The van der Waals surface area contributed by atoms with Crippen molar-refractivity contribution in [2.75, 3.05) is 5.32 Å². The monoisotopic (exact) mass is 306 g/mol. The van der Waals surface area contributed by atoms with Crippen LogP contribution in [0.4, 0.5) is 5.69 Å². The number of benzene rings is 2. The Labute approximate surface area is 134 Å². The maximum Gasteiger partial charge on any atom is 0.224 e. The van der Waals surface area contributed by atoms with Crippen molar-refractivity contribution in [1.82, 2.24) is 4.98 Å². The Kier molecular flexibility index (Phi) is 4.24. The van der Waals surface area contributed by atoms with Gasteiger partial charge in [0.1, 0.15) is 0 Å². The fourth-order valence-corrected chi connectivity index (χ4v) is 2.66. The summed E-state index contributed by atoms with van der Waals surface area (Å²) in [7, 11) is 0. The quantitative estimate of drug-likeness (QED) is 0.701. The predicted molar refractivity (Wildman–Crippen MR) is 91.7 cm³/mol. The molecule has 0 bridgehead atoms. The number of carbonyl (C=O) groups excluding carboxylic acids is 2. The molecular weight excluding hydrogens is 288 g/mol. The summed E-state index contributed by atoms with van der Waals surface area (Å²) in [5.41, 5.74) is 3.48. The molecule has 2 aromatic carbocycles. The summed E-state index contributed by atoms with van der Waals surface area (Å²) in [6, 6.07) is 15.1. The van der Waals surface area contributed by atoms with Crippen molar-refractivity contribution < 1.29 is 9.59 Å². The van der Waals surface area contributed by atoms with Gasteiger partial charge < -0.3 is 10.3 Å². The van der Waals surface area contributed by atoms with Crippen LogP contribution in [-0.2, 0) is 11.2 Å². The van der Waals surface area contributed by atoms with E-state index in [1.54, 1.807) is 24.3 Å². The Balaban J connectivity index is 1.65. The van der Waals surface area contributed by atoms with Crippen LogP contribution in [0, 0.1) is 0 Å². The van der Waals surface area contributed by atoms with Crippen LogP contribution in [0.2, 0.25) is 0 Å². The molecule has 0 atom stereocenters. The number of carbonyl (C=O) groups is 2. The first-order valence-electron chi connectivity index (χ1n) is 7.59. The molecular formula is C19H18N2O2. The highest BCUT2D eigenvalue weighted by Gasteiger charge is 2.07. The fourth-order valence-electron chi connectivity index (χ4n) is 2.66. The zero-order valence-electron chi connectivity index (χ0n) is 12.9. The molecule has 0 aliphatic carbocycles. The van der Waals surface area contributed by atoms with Gasteiger partial charge in [0.05, 0.1) is 0 Å². The lowest BCUT2D eigenvalue weighted by atomic mass is 10.0. The second kappa shape index (κ2) is 6.48. The minimum atomic E-state index is -0.0572. The zero-order chi connectivity index (χ0) is 16.2. The number of nitrogens with one attached hydrogen (secondary N) is 2. The maximum absolute atomic E-state index is 12.1. The molecule has 1 amide bonds. The number of anilines is 1. The van der Waals surface area contributed by atoms with Crippen LogP contribution in [0.1, 0.15) is 29.3 Å². The first kappa shape index (κ1) is 15.0. The number of fused-ring (bicyclic) bond motifs is 1. The third kappa shape index (κ3) is 3.48. The van der Waals surface area contributed by atoms with Gasteiger partial charge in [0, 0.05) is 34.8 Å². The van der Waals surface area contributed by atoms with Crippen LogP contribution in [0.5, 0.6) is 0 Å². The van der Waals surface area contributed by atoms with Gasteiger partial charge in [-0.1, -0.05) is 24.3 Å². The number of amides is 1. The van der Waals surface area contributed by atoms with Gasteiger partial charge in [-0.2, -0.15) is 0 Å². The molecule has 3 rings (SSSR count). The molecule has 2 N–H and O–H groups in total. The second-order valence-corrected chi connectivity index (χ2v) is 5.54. The third-order valence-electron chi connectivity index (χ3n) is 3.86. The highest BCUT2D eigenvalue weighted by molar-refractivity contribution is 5.97.